The largest absolute Gasteiger partial charge is 0.481 e. The summed E-state index contributed by atoms with van der Waals surface area (Å²) in [6.07, 6.45) is 0.311. The summed E-state index contributed by atoms with van der Waals surface area (Å²) >= 11 is 0. The number of nitrogens with one attached hydrogen (secondary N) is 1. The molecule has 0 aromatic carbocycles. The monoisotopic (exact) mass is 189 g/mol. The SMILES string of the molecule is CC(O)C(C)(C)NCCCC(=O)O. The Morgan fingerprint density at radius 2 is 2.08 bits per heavy atom. The highest BCUT2D eigenvalue weighted by atomic mass is 16.4. The third kappa shape index (κ3) is 5.60. The molecule has 0 aromatic heterocycles. The molecule has 1 atom stereocenters. The van der Waals surface area contributed by atoms with Crippen molar-refractivity contribution in [2.45, 2.75) is 45.3 Å². The molecule has 4 nitrogen and oxygen atoms in total. The molecule has 0 heterocycles. The first kappa shape index (κ1) is 12.4. The molecule has 0 rings (SSSR count). The number of hydrogen-bond acceptors (Lipinski definition) is 3. The van der Waals surface area contributed by atoms with E-state index >= 15 is 0 Å². The minimum atomic E-state index is -0.781. The average Bonchev–Trinajstić information content (AvgIpc) is 1.97. The smallest absolute Gasteiger partial charge is 0.303 e. The maximum atomic E-state index is 10.2. The van der Waals surface area contributed by atoms with Gasteiger partial charge in [0, 0.05) is 12.0 Å². The van der Waals surface area contributed by atoms with Crippen LogP contribution in [0.3, 0.4) is 0 Å². The van der Waals surface area contributed by atoms with Crippen LogP contribution in [0.2, 0.25) is 0 Å². The lowest BCUT2D eigenvalue weighted by Gasteiger charge is -2.29. The van der Waals surface area contributed by atoms with Crippen LogP contribution >= 0.6 is 0 Å². The van der Waals surface area contributed by atoms with Gasteiger partial charge in [-0.1, -0.05) is 0 Å². The van der Waals surface area contributed by atoms with Crippen molar-refractivity contribution in [2.24, 2.45) is 0 Å². The van der Waals surface area contributed by atoms with E-state index < -0.39 is 12.1 Å². The van der Waals surface area contributed by atoms with Crippen molar-refractivity contribution in [2.75, 3.05) is 6.54 Å². The summed E-state index contributed by atoms with van der Waals surface area (Å²) in [5.41, 5.74) is -0.349. The number of hydrogen-bond donors (Lipinski definition) is 3. The zero-order chi connectivity index (χ0) is 10.5. The molecule has 0 spiro atoms. The van der Waals surface area contributed by atoms with Crippen molar-refractivity contribution in [3.05, 3.63) is 0 Å². The fraction of sp³-hybridized carbons (Fsp3) is 0.889. The average molecular weight is 189 g/mol. The van der Waals surface area contributed by atoms with E-state index in [2.05, 4.69) is 5.32 Å². The Bertz CT molecular complexity index is 166. The first-order chi connectivity index (χ1) is 5.86. The van der Waals surface area contributed by atoms with Gasteiger partial charge in [0.25, 0.3) is 0 Å². The lowest BCUT2D eigenvalue weighted by molar-refractivity contribution is -0.137. The van der Waals surface area contributed by atoms with Crippen LogP contribution < -0.4 is 5.32 Å². The van der Waals surface area contributed by atoms with Gasteiger partial charge in [-0.15, -0.1) is 0 Å². The van der Waals surface area contributed by atoms with E-state index in [4.69, 9.17) is 5.11 Å². The van der Waals surface area contributed by atoms with Crippen LogP contribution in [0, 0.1) is 0 Å². The summed E-state index contributed by atoms with van der Waals surface area (Å²) in [7, 11) is 0. The maximum absolute atomic E-state index is 10.2. The molecular formula is C9H19NO3. The van der Waals surface area contributed by atoms with Gasteiger partial charge in [-0.25, -0.2) is 0 Å². The van der Waals surface area contributed by atoms with Gasteiger partial charge in [-0.3, -0.25) is 4.79 Å². The molecule has 0 saturated carbocycles. The molecule has 0 saturated heterocycles. The molecule has 13 heavy (non-hydrogen) atoms. The van der Waals surface area contributed by atoms with Gasteiger partial charge in [0.2, 0.25) is 0 Å². The van der Waals surface area contributed by atoms with Gasteiger partial charge in [-0.2, -0.15) is 0 Å². The highest BCUT2D eigenvalue weighted by molar-refractivity contribution is 5.66. The topological polar surface area (TPSA) is 69.6 Å². The van der Waals surface area contributed by atoms with Crippen molar-refractivity contribution in [1.29, 1.82) is 0 Å². The number of carboxylic acid groups (broad SMARTS) is 1. The summed E-state index contributed by atoms with van der Waals surface area (Å²) in [5.74, 6) is -0.781. The minimum Gasteiger partial charge on any atom is -0.481 e. The van der Waals surface area contributed by atoms with Crippen LogP contribution in [0.5, 0.6) is 0 Å². The van der Waals surface area contributed by atoms with Crippen LogP contribution in [0.4, 0.5) is 0 Å². The second-order valence-corrected chi connectivity index (χ2v) is 3.82. The highest BCUT2D eigenvalue weighted by Crippen LogP contribution is 2.07. The maximum Gasteiger partial charge on any atom is 0.303 e. The summed E-state index contributed by atoms with van der Waals surface area (Å²) in [5, 5.41) is 20.8. The predicted molar refractivity (Wildman–Crippen MR) is 50.6 cm³/mol. The van der Waals surface area contributed by atoms with Gasteiger partial charge < -0.3 is 15.5 Å². The normalized spacial score (nSPS) is 14.2. The molecule has 4 heteroatoms. The Morgan fingerprint density at radius 1 is 1.54 bits per heavy atom. The molecule has 0 aliphatic carbocycles. The molecule has 0 amide bonds. The molecule has 0 aliphatic heterocycles. The fourth-order valence-electron chi connectivity index (χ4n) is 0.798. The third-order valence-electron chi connectivity index (χ3n) is 2.19. The van der Waals surface area contributed by atoms with E-state index in [1.807, 2.05) is 13.8 Å². The first-order valence-electron chi connectivity index (χ1n) is 4.51. The van der Waals surface area contributed by atoms with Crippen molar-refractivity contribution in [1.82, 2.24) is 5.32 Å². The van der Waals surface area contributed by atoms with Gasteiger partial charge in [0.15, 0.2) is 0 Å². The Kier molecular flexibility index (Phi) is 4.95. The Balaban J connectivity index is 3.58. The second kappa shape index (κ2) is 5.19. The highest BCUT2D eigenvalue weighted by Gasteiger charge is 2.22. The number of aliphatic hydroxyl groups is 1. The molecule has 3 N–H and O–H groups in total. The number of carboxylic acids is 1. The van der Waals surface area contributed by atoms with E-state index in [1.165, 1.54) is 0 Å². The van der Waals surface area contributed by atoms with Crippen molar-refractivity contribution >= 4 is 5.97 Å². The van der Waals surface area contributed by atoms with Crippen LogP contribution in [-0.4, -0.2) is 34.4 Å². The van der Waals surface area contributed by atoms with E-state index in [9.17, 15) is 9.90 Å². The predicted octanol–water partition coefficient (Wildman–Crippen LogP) is 0.600. The zero-order valence-corrected chi connectivity index (χ0v) is 8.50. The summed E-state index contributed by atoms with van der Waals surface area (Å²) in [4.78, 5) is 10.2. The number of aliphatic hydroxyl groups excluding tert-OH is 1. The molecule has 0 bridgehead atoms. The molecular weight excluding hydrogens is 170 g/mol. The second-order valence-electron chi connectivity index (χ2n) is 3.82. The van der Waals surface area contributed by atoms with E-state index in [0.717, 1.165) is 0 Å². The van der Waals surface area contributed by atoms with Gasteiger partial charge >= 0.3 is 5.97 Å². The first-order valence-corrected chi connectivity index (χ1v) is 4.51. The number of carbonyl (C=O) groups is 1. The van der Waals surface area contributed by atoms with Crippen LogP contribution in [0.1, 0.15) is 33.6 Å². The van der Waals surface area contributed by atoms with Crippen molar-refractivity contribution in [3.8, 4) is 0 Å². The Morgan fingerprint density at radius 3 is 2.46 bits per heavy atom. The fourth-order valence-corrected chi connectivity index (χ4v) is 0.798. The van der Waals surface area contributed by atoms with E-state index in [1.54, 1.807) is 6.92 Å². The van der Waals surface area contributed by atoms with Crippen molar-refractivity contribution < 1.29 is 15.0 Å². The summed E-state index contributed by atoms with van der Waals surface area (Å²) in [6.45, 7) is 6.10. The van der Waals surface area contributed by atoms with Crippen LogP contribution in [-0.2, 0) is 4.79 Å². The molecule has 0 aliphatic rings. The van der Waals surface area contributed by atoms with Gasteiger partial charge in [0.1, 0.15) is 0 Å². The summed E-state index contributed by atoms with van der Waals surface area (Å²) in [6, 6.07) is 0. The zero-order valence-electron chi connectivity index (χ0n) is 8.50. The summed E-state index contributed by atoms with van der Waals surface area (Å²) < 4.78 is 0. The Hall–Kier alpha value is -0.610. The van der Waals surface area contributed by atoms with Gasteiger partial charge in [-0.05, 0) is 33.7 Å². The molecule has 1 unspecified atom stereocenters. The van der Waals surface area contributed by atoms with Gasteiger partial charge in [0.05, 0.1) is 6.10 Å². The molecule has 0 fully saturated rings. The quantitative estimate of drug-likeness (QED) is 0.535. The third-order valence-corrected chi connectivity index (χ3v) is 2.19. The van der Waals surface area contributed by atoms with Crippen LogP contribution in [0.25, 0.3) is 0 Å². The minimum absolute atomic E-state index is 0.170. The van der Waals surface area contributed by atoms with E-state index in [-0.39, 0.29) is 12.0 Å². The number of aliphatic carboxylic acids is 1. The molecule has 78 valence electrons. The van der Waals surface area contributed by atoms with E-state index in [0.29, 0.717) is 13.0 Å². The lowest BCUT2D eigenvalue weighted by atomic mass is 9.99. The molecule has 0 aromatic rings. The lowest BCUT2D eigenvalue weighted by Crippen LogP contribution is -2.48. The Labute approximate surface area is 79.0 Å². The standard InChI is InChI=1S/C9H19NO3/c1-7(11)9(2,3)10-6-4-5-8(12)13/h7,10-11H,4-6H2,1-3H3,(H,12,13). The van der Waals surface area contributed by atoms with Crippen molar-refractivity contribution in [3.63, 3.8) is 0 Å². The van der Waals surface area contributed by atoms with Crippen LogP contribution in [0.15, 0.2) is 0 Å². The number of rotatable bonds is 6. The molecule has 0 radical (unpaired) electrons.